The van der Waals surface area contributed by atoms with Crippen LogP contribution in [0.15, 0.2) is 41.4 Å². The smallest absolute Gasteiger partial charge is 0.241 e. The third kappa shape index (κ3) is 6.20. The molecule has 10 nitrogen and oxygen atoms in total. The number of para-hydroxylation sites is 1. The summed E-state index contributed by atoms with van der Waals surface area (Å²) in [6, 6.07) is 8.38. The fourth-order valence-corrected chi connectivity index (χ4v) is 7.14. The van der Waals surface area contributed by atoms with Crippen LogP contribution < -0.4 is 20.5 Å². The van der Waals surface area contributed by atoms with Gasteiger partial charge in [-0.2, -0.15) is 4.72 Å². The third-order valence-electron chi connectivity index (χ3n) is 7.60. The highest BCUT2D eigenvalue weighted by molar-refractivity contribution is 7.89. The summed E-state index contributed by atoms with van der Waals surface area (Å²) in [6.07, 6.45) is 3.76. The highest BCUT2D eigenvalue weighted by atomic mass is 32.2. The number of aromatic amines is 1. The lowest BCUT2D eigenvalue weighted by atomic mass is 9.98. The molecule has 2 heterocycles. The van der Waals surface area contributed by atoms with E-state index < -0.39 is 22.0 Å². The number of piperidine rings is 1. The minimum Gasteiger partial charge on any atom is -0.496 e. The molecule has 1 aromatic heterocycles. The Kier molecular flexibility index (Phi) is 8.51. The number of aryl methyl sites for hydroxylation is 1. The molecular formula is C28H38N6O4S. The second kappa shape index (κ2) is 11.7. The summed E-state index contributed by atoms with van der Waals surface area (Å²) in [5.74, 6) is 0.357. The number of methoxy groups -OCH3 is 1. The number of carbonyl (C=O) groups is 1. The van der Waals surface area contributed by atoms with Crippen LogP contribution in [-0.2, 0) is 21.2 Å². The van der Waals surface area contributed by atoms with Gasteiger partial charge in [-0.1, -0.05) is 18.2 Å². The molecule has 0 aliphatic carbocycles. The SMILES string of the molecule is COc1cc(C)c(S(=O)(=O)NC(Cc2c[nH]c3ccccc23)C(=O)NCC2CCCN(C(=N)N)C2)c(C)c1C. The van der Waals surface area contributed by atoms with Crippen molar-refractivity contribution in [3.8, 4) is 5.75 Å². The van der Waals surface area contributed by atoms with E-state index in [2.05, 4.69) is 15.0 Å². The molecule has 1 saturated heterocycles. The Morgan fingerprint density at radius 3 is 2.72 bits per heavy atom. The van der Waals surface area contributed by atoms with Crippen molar-refractivity contribution in [1.82, 2.24) is 19.9 Å². The largest absolute Gasteiger partial charge is 0.496 e. The number of benzene rings is 2. The fraction of sp³-hybridized carbons (Fsp3) is 0.429. The maximum Gasteiger partial charge on any atom is 0.241 e. The third-order valence-corrected chi connectivity index (χ3v) is 9.37. The van der Waals surface area contributed by atoms with E-state index in [1.54, 1.807) is 31.9 Å². The van der Waals surface area contributed by atoms with Crippen LogP contribution in [0.4, 0.5) is 0 Å². The molecule has 210 valence electrons. The van der Waals surface area contributed by atoms with Crippen LogP contribution in [-0.4, -0.2) is 63.0 Å². The van der Waals surface area contributed by atoms with E-state index in [1.807, 2.05) is 37.4 Å². The fourth-order valence-electron chi connectivity index (χ4n) is 5.42. The van der Waals surface area contributed by atoms with E-state index in [-0.39, 0.29) is 23.2 Å². The molecule has 0 radical (unpaired) electrons. The van der Waals surface area contributed by atoms with Gasteiger partial charge in [0.2, 0.25) is 15.9 Å². The first kappa shape index (κ1) is 28.4. The van der Waals surface area contributed by atoms with Gasteiger partial charge in [0.15, 0.2) is 5.96 Å². The summed E-state index contributed by atoms with van der Waals surface area (Å²) < 4.78 is 35.7. The first-order valence-electron chi connectivity index (χ1n) is 13.1. The molecule has 6 N–H and O–H groups in total. The van der Waals surface area contributed by atoms with Gasteiger partial charge in [-0.05, 0) is 80.3 Å². The quantitative estimate of drug-likeness (QED) is 0.202. The Morgan fingerprint density at radius 1 is 1.26 bits per heavy atom. The number of H-pyrrole nitrogens is 1. The number of amides is 1. The van der Waals surface area contributed by atoms with Crippen molar-refractivity contribution in [3.05, 3.63) is 58.8 Å². The number of nitrogens with one attached hydrogen (secondary N) is 4. The Hall–Kier alpha value is -3.57. The molecule has 11 heteroatoms. The number of nitrogens with zero attached hydrogens (tertiary/aromatic N) is 1. The number of hydrogen-bond donors (Lipinski definition) is 5. The Balaban J connectivity index is 1.61. The molecule has 2 atom stereocenters. The van der Waals surface area contributed by atoms with Crippen molar-refractivity contribution in [1.29, 1.82) is 5.41 Å². The van der Waals surface area contributed by atoms with E-state index >= 15 is 0 Å². The number of fused-ring (bicyclic) bond motifs is 1. The predicted octanol–water partition coefficient (Wildman–Crippen LogP) is 2.71. The van der Waals surface area contributed by atoms with Crippen LogP contribution >= 0.6 is 0 Å². The van der Waals surface area contributed by atoms with Gasteiger partial charge in [0.1, 0.15) is 11.8 Å². The van der Waals surface area contributed by atoms with Crippen molar-refractivity contribution >= 4 is 32.8 Å². The Morgan fingerprint density at radius 2 is 2.00 bits per heavy atom. The number of aromatic nitrogens is 1. The van der Waals surface area contributed by atoms with Crippen LogP contribution in [0.2, 0.25) is 0 Å². The molecule has 2 unspecified atom stereocenters. The second-order valence-corrected chi connectivity index (χ2v) is 11.9. The van der Waals surface area contributed by atoms with E-state index in [1.165, 1.54) is 0 Å². The molecule has 2 aromatic carbocycles. The maximum absolute atomic E-state index is 13.8. The Bertz CT molecular complexity index is 1480. The van der Waals surface area contributed by atoms with E-state index in [0.29, 0.717) is 30.0 Å². The first-order chi connectivity index (χ1) is 18.5. The van der Waals surface area contributed by atoms with E-state index in [0.717, 1.165) is 41.4 Å². The lowest BCUT2D eigenvalue weighted by Crippen LogP contribution is -2.51. The lowest BCUT2D eigenvalue weighted by molar-refractivity contribution is -0.122. The van der Waals surface area contributed by atoms with Gasteiger partial charge in [-0.3, -0.25) is 10.2 Å². The summed E-state index contributed by atoms with van der Waals surface area (Å²) in [5, 5.41) is 11.6. The molecule has 1 aliphatic heterocycles. The van der Waals surface area contributed by atoms with Crippen LogP contribution in [0.1, 0.15) is 35.1 Å². The van der Waals surface area contributed by atoms with Crippen molar-refractivity contribution in [2.75, 3.05) is 26.7 Å². The number of ether oxygens (including phenoxy) is 1. The monoisotopic (exact) mass is 554 g/mol. The van der Waals surface area contributed by atoms with Crippen molar-refractivity contribution in [2.24, 2.45) is 11.7 Å². The number of sulfonamides is 1. The maximum atomic E-state index is 13.8. The first-order valence-corrected chi connectivity index (χ1v) is 14.6. The van der Waals surface area contributed by atoms with Crippen LogP contribution in [0.25, 0.3) is 10.9 Å². The van der Waals surface area contributed by atoms with E-state index in [9.17, 15) is 13.2 Å². The van der Waals surface area contributed by atoms with Gasteiger partial charge in [0.25, 0.3) is 0 Å². The highest BCUT2D eigenvalue weighted by Crippen LogP contribution is 2.31. The van der Waals surface area contributed by atoms with Crippen molar-refractivity contribution < 1.29 is 17.9 Å². The zero-order chi connectivity index (χ0) is 28.3. The molecule has 0 bridgehead atoms. The van der Waals surface area contributed by atoms with Crippen molar-refractivity contribution in [3.63, 3.8) is 0 Å². The average molecular weight is 555 g/mol. The number of likely N-dealkylation sites (tertiary alicyclic amines) is 1. The molecule has 39 heavy (non-hydrogen) atoms. The standard InChI is InChI=1S/C28H38N6O4S/c1-17-12-25(38-4)18(2)19(3)26(17)39(36,37)33-24(13-21-15-31-23-10-6-5-9-22(21)23)27(35)32-14-20-8-7-11-34(16-20)28(29)30/h5-6,9-10,12,15,20,24,31,33H,7-8,11,13-14,16H2,1-4H3,(H3,29,30)(H,32,35). The molecule has 1 fully saturated rings. The number of guanidine groups is 1. The zero-order valence-electron chi connectivity index (χ0n) is 22.9. The van der Waals surface area contributed by atoms with Gasteiger partial charge in [0.05, 0.1) is 12.0 Å². The molecule has 4 rings (SSSR count). The topological polar surface area (TPSA) is 153 Å². The summed E-state index contributed by atoms with van der Waals surface area (Å²) in [5.41, 5.74) is 9.28. The van der Waals surface area contributed by atoms with Crippen LogP contribution in [0.3, 0.4) is 0 Å². The summed E-state index contributed by atoms with van der Waals surface area (Å²) in [4.78, 5) is 18.7. The van der Waals surface area contributed by atoms with Gasteiger partial charge in [0, 0.05) is 36.7 Å². The highest BCUT2D eigenvalue weighted by Gasteiger charge is 2.31. The number of nitrogens with two attached hydrogens (primary N) is 1. The van der Waals surface area contributed by atoms with Crippen LogP contribution in [0, 0.1) is 32.1 Å². The molecule has 0 saturated carbocycles. The molecule has 3 aromatic rings. The predicted molar refractivity (Wildman–Crippen MR) is 153 cm³/mol. The van der Waals surface area contributed by atoms with Gasteiger partial charge < -0.3 is 25.7 Å². The van der Waals surface area contributed by atoms with E-state index in [4.69, 9.17) is 15.9 Å². The number of carbonyl (C=O) groups excluding carboxylic acids is 1. The molecular weight excluding hydrogens is 516 g/mol. The zero-order valence-corrected chi connectivity index (χ0v) is 23.7. The van der Waals surface area contributed by atoms with Gasteiger partial charge in [-0.25, -0.2) is 8.42 Å². The van der Waals surface area contributed by atoms with Crippen LogP contribution in [0.5, 0.6) is 5.75 Å². The summed E-state index contributed by atoms with van der Waals surface area (Å²) in [7, 11) is -2.51. The normalized spacial score (nSPS) is 16.7. The lowest BCUT2D eigenvalue weighted by Gasteiger charge is -2.33. The van der Waals surface area contributed by atoms with Crippen molar-refractivity contribution in [2.45, 2.75) is 51.0 Å². The minimum atomic E-state index is -4.06. The number of rotatable bonds is 9. The minimum absolute atomic E-state index is 0.0246. The molecule has 1 amide bonds. The molecule has 1 aliphatic rings. The second-order valence-electron chi connectivity index (χ2n) is 10.3. The van der Waals surface area contributed by atoms with Gasteiger partial charge in [-0.15, -0.1) is 0 Å². The summed E-state index contributed by atoms with van der Waals surface area (Å²) >= 11 is 0. The average Bonchev–Trinajstić information content (AvgIpc) is 3.31. The molecule has 0 spiro atoms. The Labute approximate surface area is 229 Å². The van der Waals surface area contributed by atoms with Gasteiger partial charge >= 0.3 is 0 Å². The summed E-state index contributed by atoms with van der Waals surface area (Å²) in [6.45, 7) is 6.96. The number of hydrogen-bond acceptors (Lipinski definition) is 5.